The first-order valence-electron chi connectivity index (χ1n) is 3.92. The highest BCUT2D eigenvalue weighted by Gasteiger charge is 2.16. The molecule has 13 heavy (non-hydrogen) atoms. The Balaban J connectivity index is 3.83. The Hall–Kier alpha value is -0.690. The van der Waals surface area contributed by atoms with Crippen LogP contribution in [0.4, 0.5) is 0 Å². The summed E-state index contributed by atoms with van der Waals surface area (Å²) < 4.78 is 4.66. The van der Waals surface area contributed by atoms with E-state index in [1.165, 1.54) is 7.11 Å². The zero-order valence-corrected chi connectivity index (χ0v) is 7.56. The van der Waals surface area contributed by atoms with Gasteiger partial charge in [0.25, 0.3) is 0 Å². The van der Waals surface area contributed by atoms with Crippen LogP contribution in [0.2, 0.25) is 0 Å². The van der Waals surface area contributed by atoms with Gasteiger partial charge in [0.2, 0.25) is 5.91 Å². The molecule has 6 nitrogen and oxygen atoms in total. The minimum atomic E-state index is -0.773. The third-order valence-electron chi connectivity index (χ3n) is 1.47. The number of nitrogens with one attached hydrogen (secondary N) is 1. The van der Waals surface area contributed by atoms with Gasteiger partial charge in [-0.05, 0) is 0 Å². The summed E-state index contributed by atoms with van der Waals surface area (Å²) in [7, 11) is 1.43. The van der Waals surface area contributed by atoms with Gasteiger partial charge in [0.15, 0.2) is 0 Å². The summed E-state index contributed by atoms with van der Waals surface area (Å²) in [6, 6.07) is -1.43. The van der Waals surface area contributed by atoms with Crippen molar-refractivity contribution in [2.24, 2.45) is 5.73 Å². The van der Waals surface area contributed by atoms with Crippen LogP contribution in [0.5, 0.6) is 0 Å². The van der Waals surface area contributed by atoms with Crippen LogP contribution in [0.25, 0.3) is 0 Å². The second kappa shape index (κ2) is 6.79. The molecule has 6 heteroatoms. The molecule has 0 aromatic heterocycles. The molecule has 0 aliphatic heterocycles. The monoisotopic (exact) mass is 192 g/mol. The topological polar surface area (TPSA) is 105 Å². The van der Waals surface area contributed by atoms with E-state index in [0.717, 1.165) is 0 Å². The molecule has 0 heterocycles. The molecule has 78 valence electrons. The first kappa shape index (κ1) is 12.3. The van der Waals surface area contributed by atoms with E-state index in [1.807, 2.05) is 0 Å². The van der Waals surface area contributed by atoms with Gasteiger partial charge in [-0.1, -0.05) is 0 Å². The summed E-state index contributed by atoms with van der Waals surface area (Å²) in [5, 5.41) is 19.6. The van der Waals surface area contributed by atoms with Crippen LogP contribution in [0, 0.1) is 0 Å². The van der Waals surface area contributed by atoms with E-state index in [0.29, 0.717) is 0 Å². The summed E-state index contributed by atoms with van der Waals surface area (Å²) >= 11 is 0. The number of methoxy groups -OCH3 is 1. The Morgan fingerprint density at radius 2 is 2.08 bits per heavy atom. The van der Waals surface area contributed by atoms with Crippen LogP contribution in [0.1, 0.15) is 0 Å². The second-order valence-electron chi connectivity index (χ2n) is 2.63. The van der Waals surface area contributed by atoms with Crippen LogP contribution in [-0.4, -0.2) is 55.1 Å². The van der Waals surface area contributed by atoms with Crippen LogP contribution in [-0.2, 0) is 9.53 Å². The molecule has 0 saturated carbocycles. The molecule has 0 bridgehead atoms. The van der Waals surface area contributed by atoms with Gasteiger partial charge in [0.05, 0.1) is 25.9 Å². The van der Waals surface area contributed by atoms with Gasteiger partial charge < -0.3 is 26.0 Å². The Morgan fingerprint density at radius 1 is 1.54 bits per heavy atom. The van der Waals surface area contributed by atoms with E-state index in [2.05, 4.69) is 10.1 Å². The lowest BCUT2D eigenvalue weighted by Gasteiger charge is -2.16. The highest BCUT2D eigenvalue weighted by molar-refractivity contribution is 5.81. The number of aliphatic hydroxyl groups excluding tert-OH is 2. The van der Waals surface area contributed by atoms with Gasteiger partial charge in [-0.15, -0.1) is 0 Å². The highest BCUT2D eigenvalue weighted by Crippen LogP contribution is 1.84. The minimum absolute atomic E-state index is 0.107. The molecular formula is C7H16N2O4. The van der Waals surface area contributed by atoms with Crippen molar-refractivity contribution in [1.29, 1.82) is 0 Å². The summed E-state index contributed by atoms with van der Waals surface area (Å²) in [6.07, 6.45) is 0. The van der Waals surface area contributed by atoms with Crippen molar-refractivity contribution in [2.75, 3.05) is 26.9 Å². The fourth-order valence-electron chi connectivity index (χ4n) is 0.712. The number of aliphatic hydroxyl groups is 2. The molecule has 1 unspecified atom stereocenters. The fraction of sp³-hybridized carbons (Fsp3) is 0.857. The number of nitrogens with two attached hydrogens (primary N) is 1. The first-order valence-corrected chi connectivity index (χ1v) is 3.92. The van der Waals surface area contributed by atoms with Gasteiger partial charge >= 0.3 is 0 Å². The highest BCUT2D eigenvalue weighted by atomic mass is 16.5. The maximum absolute atomic E-state index is 11.1. The van der Waals surface area contributed by atoms with Gasteiger partial charge in [-0.25, -0.2) is 0 Å². The van der Waals surface area contributed by atoms with Crippen molar-refractivity contribution < 1.29 is 19.7 Å². The summed E-state index contributed by atoms with van der Waals surface area (Å²) in [4.78, 5) is 11.1. The molecule has 0 aromatic carbocycles. The van der Waals surface area contributed by atoms with Gasteiger partial charge in [-0.2, -0.15) is 0 Å². The van der Waals surface area contributed by atoms with E-state index in [9.17, 15) is 4.79 Å². The van der Waals surface area contributed by atoms with E-state index >= 15 is 0 Å². The summed E-state index contributed by atoms with van der Waals surface area (Å²) in [6.45, 7) is -0.528. The number of carbonyl (C=O) groups is 1. The van der Waals surface area contributed by atoms with Crippen LogP contribution < -0.4 is 11.1 Å². The Bertz CT molecular complexity index is 149. The smallest absolute Gasteiger partial charge is 0.239 e. The Morgan fingerprint density at radius 3 is 2.46 bits per heavy atom. The molecule has 0 aromatic rings. The summed E-state index contributed by atoms with van der Waals surface area (Å²) in [5.74, 6) is -0.449. The average molecular weight is 192 g/mol. The Labute approximate surface area is 76.7 Å². The van der Waals surface area contributed by atoms with Crippen molar-refractivity contribution in [2.45, 2.75) is 12.1 Å². The fourth-order valence-corrected chi connectivity index (χ4v) is 0.712. The second-order valence-corrected chi connectivity index (χ2v) is 2.63. The predicted molar refractivity (Wildman–Crippen MR) is 46.0 cm³/mol. The third kappa shape index (κ3) is 4.79. The SMILES string of the molecule is COCC(N)C(=O)NC(CO)CO. The van der Waals surface area contributed by atoms with Crippen molar-refractivity contribution in [3.63, 3.8) is 0 Å². The van der Waals surface area contributed by atoms with Crippen molar-refractivity contribution in [3.8, 4) is 0 Å². The number of carbonyl (C=O) groups excluding carboxylic acids is 1. The van der Waals surface area contributed by atoms with E-state index in [1.54, 1.807) is 0 Å². The van der Waals surface area contributed by atoms with Gasteiger partial charge in [0, 0.05) is 7.11 Å². The molecule has 0 fully saturated rings. The van der Waals surface area contributed by atoms with Crippen LogP contribution in [0.15, 0.2) is 0 Å². The molecule has 0 spiro atoms. The van der Waals surface area contributed by atoms with Crippen molar-refractivity contribution >= 4 is 5.91 Å². The molecule has 1 amide bonds. The standard InChI is InChI=1S/C7H16N2O4/c1-13-4-6(8)7(12)9-5(2-10)3-11/h5-6,10-11H,2-4,8H2,1H3,(H,9,12). The molecule has 5 N–H and O–H groups in total. The third-order valence-corrected chi connectivity index (χ3v) is 1.47. The molecular weight excluding hydrogens is 176 g/mol. The number of hydrogen-bond acceptors (Lipinski definition) is 5. The quantitative estimate of drug-likeness (QED) is 0.370. The largest absolute Gasteiger partial charge is 0.394 e. The Kier molecular flexibility index (Phi) is 6.43. The maximum Gasteiger partial charge on any atom is 0.239 e. The number of hydrogen-bond donors (Lipinski definition) is 4. The zero-order chi connectivity index (χ0) is 10.3. The predicted octanol–water partition coefficient (Wildman–Crippen LogP) is -2.57. The maximum atomic E-state index is 11.1. The molecule has 1 atom stereocenters. The molecule has 0 rings (SSSR count). The van der Waals surface area contributed by atoms with Crippen molar-refractivity contribution in [3.05, 3.63) is 0 Å². The van der Waals surface area contributed by atoms with Crippen LogP contribution in [0.3, 0.4) is 0 Å². The number of rotatable bonds is 6. The van der Waals surface area contributed by atoms with Gasteiger partial charge in [0.1, 0.15) is 6.04 Å². The van der Waals surface area contributed by atoms with E-state index in [4.69, 9.17) is 15.9 Å². The van der Waals surface area contributed by atoms with E-state index in [-0.39, 0.29) is 19.8 Å². The molecule has 0 radical (unpaired) electrons. The zero-order valence-electron chi connectivity index (χ0n) is 7.56. The lowest BCUT2D eigenvalue weighted by molar-refractivity contribution is -0.124. The summed E-state index contributed by atoms with van der Waals surface area (Å²) in [5.41, 5.74) is 5.39. The first-order chi connectivity index (χ1) is 6.15. The number of amides is 1. The molecule has 0 aliphatic carbocycles. The number of ether oxygens (including phenoxy) is 1. The molecule has 0 saturated heterocycles. The van der Waals surface area contributed by atoms with E-state index < -0.39 is 18.0 Å². The average Bonchev–Trinajstić information content (AvgIpc) is 2.14. The minimum Gasteiger partial charge on any atom is -0.394 e. The van der Waals surface area contributed by atoms with Crippen molar-refractivity contribution in [1.82, 2.24) is 5.32 Å². The molecule has 0 aliphatic rings. The lowest BCUT2D eigenvalue weighted by atomic mass is 10.2. The van der Waals surface area contributed by atoms with Gasteiger partial charge in [-0.3, -0.25) is 4.79 Å². The lowest BCUT2D eigenvalue weighted by Crippen LogP contribution is -2.49. The normalized spacial score (nSPS) is 13.0. The van der Waals surface area contributed by atoms with Crippen LogP contribution >= 0.6 is 0 Å².